The predicted molar refractivity (Wildman–Crippen MR) is 112 cm³/mol. The zero-order valence-electron chi connectivity index (χ0n) is 18.4. The van der Waals surface area contributed by atoms with Crippen molar-refractivity contribution >= 4 is 52.0 Å². The number of nitrogens with zero attached hydrogens (tertiary/aromatic N) is 2. The molecule has 0 bridgehead atoms. The highest BCUT2D eigenvalue weighted by atomic mass is 32.2. The number of benzene rings is 1. The van der Waals surface area contributed by atoms with Crippen LogP contribution in [0.5, 0.6) is 0 Å². The lowest BCUT2D eigenvalue weighted by Crippen LogP contribution is -2.94. The van der Waals surface area contributed by atoms with Gasteiger partial charge in [-0.15, -0.1) is 0 Å². The zero-order valence-corrected chi connectivity index (χ0v) is 19.2. The molecule has 0 radical (unpaired) electrons. The highest BCUT2D eigenvalue weighted by molar-refractivity contribution is 8.17. The largest absolute Gasteiger partial charge is 0.508 e. The fraction of sp³-hybridized carbons (Fsp3) is 0.400. The quantitative estimate of drug-likeness (QED) is 0.117. The van der Waals surface area contributed by atoms with E-state index in [4.69, 9.17) is 14.3 Å². The number of carbonyl (C=O) groups excluding carboxylic acids is 6. The van der Waals surface area contributed by atoms with Crippen molar-refractivity contribution in [1.82, 2.24) is 5.06 Å². The van der Waals surface area contributed by atoms with Crippen molar-refractivity contribution in [2.24, 2.45) is 5.41 Å². The van der Waals surface area contributed by atoms with Crippen LogP contribution in [0.25, 0.3) is 0 Å². The van der Waals surface area contributed by atoms with E-state index in [0.29, 0.717) is 10.6 Å². The predicted octanol–water partition coefficient (Wildman–Crippen LogP) is 0.0843. The number of aliphatic hydroxyl groups excluding tert-OH is 1. The molecule has 1 aromatic carbocycles. The van der Waals surface area contributed by atoms with Crippen LogP contribution in [0.4, 0.5) is 10.5 Å². The van der Waals surface area contributed by atoms with E-state index in [1.165, 1.54) is 24.3 Å². The number of non-ortho nitro benzene ring substituents is 1. The van der Waals surface area contributed by atoms with E-state index >= 15 is 0 Å². The fourth-order valence-electron chi connectivity index (χ4n) is 3.84. The van der Waals surface area contributed by atoms with E-state index in [9.17, 15) is 44.0 Å². The molecule has 1 N–H and O–H groups in total. The Hall–Kier alpha value is -3.69. The van der Waals surface area contributed by atoms with Gasteiger partial charge in [0.2, 0.25) is 22.2 Å². The highest BCUT2D eigenvalue weighted by Crippen LogP contribution is 2.66. The lowest BCUT2D eigenvalue weighted by molar-refractivity contribution is -0.384. The van der Waals surface area contributed by atoms with E-state index in [0.717, 1.165) is 21.0 Å². The van der Waals surface area contributed by atoms with Crippen molar-refractivity contribution < 1.29 is 53.1 Å². The Labute approximate surface area is 200 Å². The lowest BCUT2D eigenvalue weighted by Gasteiger charge is -2.66. The number of carbonyl (C=O) groups is 6. The van der Waals surface area contributed by atoms with Crippen LogP contribution in [0.15, 0.2) is 24.3 Å². The smallest absolute Gasteiger partial charge is 0.429 e. The van der Waals surface area contributed by atoms with Gasteiger partial charge in [0.1, 0.15) is 18.8 Å². The molecular weight excluding hydrogens is 492 g/mol. The number of β-lactam (4-membered cyclic amide) rings is 1. The van der Waals surface area contributed by atoms with E-state index in [1.807, 2.05) is 0 Å². The fourth-order valence-corrected chi connectivity index (χ4v) is 5.31. The average Bonchev–Trinajstić information content (AvgIpc) is 2.81. The molecule has 1 heterocycles. The minimum absolute atomic E-state index is 0.0106. The summed E-state index contributed by atoms with van der Waals surface area (Å²) >= 11 is 0.0106. The molecule has 3 rings (SSSR count). The number of amides is 1. The molecule has 1 saturated heterocycles. The molecule has 4 atom stereocenters. The van der Waals surface area contributed by atoms with Gasteiger partial charge in [-0.25, -0.2) is 4.79 Å². The van der Waals surface area contributed by atoms with Gasteiger partial charge in [0.05, 0.1) is 12.0 Å². The highest BCUT2D eigenvalue weighted by Gasteiger charge is 2.93. The summed E-state index contributed by atoms with van der Waals surface area (Å²) in [5.41, 5.74) is -2.17. The standard InChI is InChI=1S/C20H18N2O12S/c1-9(23)13(24)16(27)35-20-15(26)14(25)19(20,17(28)21(20)32-3)10(2)34-18(29)33-8-11-4-6-12(7-5-11)22(30)31/h4-7,9-10,23H,8H2,1-3H3/t9?,10?,19?,20-/m0/s1. The van der Waals surface area contributed by atoms with Gasteiger partial charge in [-0.2, -0.15) is 5.06 Å². The van der Waals surface area contributed by atoms with Gasteiger partial charge in [-0.1, -0.05) is 0 Å². The molecule has 0 aromatic heterocycles. The van der Waals surface area contributed by atoms with Crippen LogP contribution < -0.4 is 0 Å². The molecule has 1 aliphatic carbocycles. The summed E-state index contributed by atoms with van der Waals surface area (Å²) in [5.74, 6) is -4.84. The number of hydrogen-bond acceptors (Lipinski definition) is 13. The maximum Gasteiger partial charge on any atom is 0.508 e. The molecule has 1 amide bonds. The van der Waals surface area contributed by atoms with Gasteiger partial charge in [-0.05, 0) is 43.3 Å². The minimum atomic E-state index is -2.36. The molecular formula is C20H18N2O12S. The normalized spacial score (nSPS) is 24.5. The Morgan fingerprint density at radius 3 is 2.26 bits per heavy atom. The molecule has 2 aliphatic rings. The number of ketones is 3. The number of hydroxylamine groups is 2. The number of hydrogen-bond donors (Lipinski definition) is 1. The van der Waals surface area contributed by atoms with E-state index in [-0.39, 0.29) is 24.1 Å². The number of rotatable bonds is 9. The van der Waals surface area contributed by atoms with E-state index in [2.05, 4.69) is 0 Å². The summed E-state index contributed by atoms with van der Waals surface area (Å²) < 4.78 is 9.97. The molecule has 3 unspecified atom stereocenters. The summed E-state index contributed by atoms with van der Waals surface area (Å²) in [6.07, 6.45) is -4.68. The summed E-state index contributed by atoms with van der Waals surface area (Å²) in [7, 11) is 0.991. The van der Waals surface area contributed by atoms with Crippen molar-refractivity contribution in [3.63, 3.8) is 0 Å². The third kappa shape index (κ3) is 3.67. The SMILES string of the molecule is CON1C(=O)C2(C(C)OC(=O)OCc3ccc([N+](=O)[O-])cc3)C(=O)C(=O)[C@@]12SC(=O)C(=O)C(C)O. The first-order chi connectivity index (χ1) is 16.4. The maximum atomic E-state index is 12.8. The molecule has 1 aromatic rings. The van der Waals surface area contributed by atoms with Gasteiger partial charge < -0.3 is 14.6 Å². The van der Waals surface area contributed by atoms with Crippen molar-refractivity contribution in [2.75, 3.05) is 7.11 Å². The first-order valence-electron chi connectivity index (χ1n) is 9.86. The van der Waals surface area contributed by atoms with Crippen molar-refractivity contribution in [1.29, 1.82) is 0 Å². The van der Waals surface area contributed by atoms with Crippen molar-refractivity contribution in [3.8, 4) is 0 Å². The Morgan fingerprint density at radius 1 is 1.14 bits per heavy atom. The number of Topliss-reactive ketones (excluding diaryl/α,β-unsaturated/α-hetero) is 3. The Bertz CT molecular complexity index is 1150. The first-order valence-corrected chi connectivity index (χ1v) is 10.7. The number of fused-ring (bicyclic) bond motifs is 1. The number of aliphatic hydroxyl groups is 1. The van der Waals surface area contributed by atoms with Crippen LogP contribution in [-0.2, 0) is 44.9 Å². The van der Waals surface area contributed by atoms with E-state index in [1.54, 1.807) is 0 Å². The van der Waals surface area contributed by atoms with Crippen molar-refractivity contribution in [3.05, 3.63) is 39.9 Å². The third-order valence-corrected chi connectivity index (χ3v) is 6.96. The van der Waals surface area contributed by atoms with Crippen LogP contribution in [0.2, 0.25) is 0 Å². The second kappa shape index (κ2) is 9.16. The Kier molecular flexibility index (Phi) is 6.79. The van der Waals surface area contributed by atoms with Gasteiger partial charge in [0.25, 0.3) is 16.7 Å². The lowest BCUT2D eigenvalue weighted by atomic mass is 9.52. The summed E-state index contributed by atoms with van der Waals surface area (Å²) in [6.45, 7) is 1.77. The van der Waals surface area contributed by atoms with Crippen LogP contribution >= 0.6 is 11.8 Å². The number of ether oxygens (including phenoxy) is 2. The molecule has 15 heteroatoms. The number of nitro benzene ring substituents is 1. The summed E-state index contributed by atoms with van der Waals surface area (Å²) in [6, 6.07) is 5.04. The third-order valence-electron chi connectivity index (χ3n) is 5.60. The molecule has 1 aliphatic heterocycles. The van der Waals surface area contributed by atoms with Crippen LogP contribution in [0, 0.1) is 15.5 Å². The minimum Gasteiger partial charge on any atom is -0.429 e. The van der Waals surface area contributed by atoms with Gasteiger partial charge in [0, 0.05) is 12.1 Å². The average molecular weight is 510 g/mol. The molecule has 1 saturated carbocycles. The number of nitro groups is 1. The van der Waals surface area contributed by atoms with Gasteiger partial charge >= 0.3 is 6.16 Å². The second-order valence-electron chi connectivity index (χ2n) is 7.54. The van der Waals surface area contributed by atoms with Crippen LogP contribution in [0.1, 0.15) is 19.4 Å². The number of piperidine rings is 1. The molecule has 186 valence electrons. The van der Waals surface area contributed by atoms with Crippen LogP contribution in [-0.4, -0.2) is 73.8 Å². The molecule has 14 nitrogen and oxygen atoms in total. The van der Waals surface area contributed by atoms with E-state index < -0.39 is 61.9 Å². The van der Waals surface area contributed by atoms with Gasteiger partial charge in [-0.3, -0.25) is 38.9 Å². The molecule has 0 spiro atoms. The summed E-state index contributed by atoms with van der Waals surface area (Å²) in [5, 5.41) is 19.2. The molecule has 2 fully saturated rings. The monoisotopic (exact) mass is 510 g/mol. The maximum absolute atomic E-state index is 12.8. The topological polar surface area (TPSA) is 197 Å². The molecule has 35 heavy (non-hydrogen) atoms. The van der Waals surface area contributed by atoms with Gasteiger partial charge in [0.15, 0.2) is 5.41 Å². The van der Waals surface area contributed by atoms with Crippen molar-refractivity contribution in [2.45, 2.75) is 37.5 Å². The first kappa shape index (κ1) is 25.9. The van der Waals surface area contributed by atoms with Crippen LogP contribution in [0.3, 0.4) is 0 Å². The Morgan fingerprint density at radius 2 is 1.74 bits per heavy atom. The zero-order chi connectivity index (χ0) is 26.3. The Balaban J connectivity index is 1.78. The summed E-state index contributed by atoms with van der Waals surface area (Å²) in [4.78, 5) is 87.0. The number of thioether (sulfide) groups is 1. The second-order valence-corrected chi connectivity index (χ2v) is 8.71.